The summed E-state index contributed by atoms with van der Waals surface area (Å²) in [6.07, 6.45) is 0. The molecule has 0 N–H and O–H groups in total. The largest absolute Gasteiger partial charge is 0.247 e. The zero-order valence-corrected chi connectivity index (χ0v) is 71.8. The first kappa shape index (κ1) is 75.0. The van der Waals surface area contributed by atoms with Gasteiger partial charge in [-0.05, 0) is 226 Å². The summed E-state index contributed by atoms with van der Waals surface area (Å²) in [5.74, 6) is 0.368. The van der Waals surface area contributed by atoms with E-state index in [0.29, 0.717) is 5.92 Å². The van der Waals surface area contributed by atoms with Gasteiger partial charge in [-0.15, -0.1) is 0 Å². The van der Waals surface area contributed by atoms with Gasteiger partial charge in [0.15, 0.2) is 0 Å². The maximum absolute atomic E-state index is 2.52. The first-order valence-electron chi connectivity index (χ1n) is 41.9. The lowest BCUT2D eigenvalue weighted by Gasteiger charge is -2.35. The fourth-order valence-electron chi connectivity index (χ4n) is 19.4. The van der Waals surface area contributed by atoms with E-state index < -0.39 is 0 Å². The quantitative estimate of drug-likeness (QED) is 0.0934. The average molecular weight is 1600 g/mol. The highest BCUT2D eigenvalue weighted by atomic mass is 32.2. The van der Waals surface area contributed by atoms with Crippen molar-refractivity contribution in [3.05, 3.63) is 397 Å². The number of rotatable bonds is 11. The molecule has 0 atom stereocenters. The van der Waals surface area contributed by atoms with Gasteiger partial charge < -0.3 is 0 Å². The van der Waals surface area contributed by atoms with Gasteiger partial charge in [0.1, 0.15) is 0 Å². The smallest absolute Gasteiger partial charge is 0.0911 e. The van der Waals surface area contributed by atoms with Crippen LogP contribution in [0.5, 0.6) is 0 Å². The van der Waals surface area contributed by atoms with E-state index in [9.17, 15) is 0 Å². The molecule has 18 aromatic rings. The first-order chi connectivity index (χ1) is 58.0. The summed E-state index contributed by atoms with van der Waals surface area (Å²) in [7, 11) is 0. The molecule has 0 aliphatic carbocycles. The van der Waals surface area contributed by atoms with E-state index in [0.717, 1.165) is 0 Å². The fraction of sp³-hybridized carbons (Fsp3) is 0.115. The molecule has 4 aliphatic rings. The molecule has 22 rings (SSSR count). The molecule has 4 aliphatic heterocycles. The van der Waals surface area contributed by atoms with Crippen LogP contribution in [-0.2, 0) is 16.2 Å². The second-order valence-electron chi connectivity index (χ2n) is 35.1. The van der Waals surface area contributed by atoms with E-state index >= 15 is 0 Å². The Hall–Kier alpha value is -11.5. The Bertz CT molecular complexity index is 6970. The van der Waals surface area contributed by atoms with Crippen LogP contribution >= 0.6 is 47.0 Å². The summed E-state index contributed by atoms with van der Waals surface area (Å²) in [4.78, 5) is 10.9. The standard InChI is InChI=1S/C57H45BS2.C56H43BS2/c1-56(2,3)42-31-37(30-39(32-42)54-45-24-14-12-22-43(45)53(36-18-8-6-9-19-36)44-23-13-15-25-46(44)54)38-33-51-55-52(34-38)60-50-29-28-41(57(4,5)40-20-10-7-11-21-40)35-48(50)58(55)47-26-16-17-27-49(47)59-51;1-35(2)37-29-38(31-40(30-37)54-45-23-13-11-21-43(45)53(36-17-7-5-8-18-36)44-22-12-14-24-46(44)54)39-32-51-55-52(33-39)59-50-28-27-42(56(3,4)41-19-9-6-10-20-41)34-48(50)57(55)47-25-15-16-26-49(47)58-51/h6-35H,1-5H3;5-35H,1-4H3. The van der Waals surface area contributed by atoms with Gasteiger partial charge in [-0.25, -0.2) is 0 Å². The predicted octanol–water partition coefficient (Wildman–Crippen LogP) is 28.0. The minimum absolute atomic E-state index is 0.0550. The van der Waals surface area contributed by atoms with E-state index in [-0.39, 0.29) is 29.7 Å². The molecule has 0 unspecified atom stereocenters. The van der Waals surface area contributed by atoms with Crippen LogP contribution in [0, 0.1) is 0 Å². The molecule has 119 heavy (non-hydrogen) atoms. The van der Waals surface area contributed by atoms with E-state index in [1.807, 2.05) is 47.0 Å². The zero-order valence-electron chi connectivity index (χ0n) is 68.5. The van der Waals surface area contributed by atoms with Crippen molar-refractivity contribution in [2.45, 2.75) is 124 Å². The monoisotopic (exact) mass is 1590 g/mol. The molecular weight excluding hydrogens is 1510 g/mol. The third kappa shape index (κ3) is 13.1. The van der Waals surface area contributed by atoms with Crippen LogP contribution in [0.3, 0.4) is 0 Å². The van der Waals surface area contributed by atoms with Crippen LogP contribution in [-0.4, -0.2) is 13.4 Å². The van der Waals surface area contributed by atoms with Gasteiger partial charge in [0.05, 0.1) is 0 Å². The van der Waals surface area contributed by atoms with Crippen LogP contribution < -0.4 is 32.8 Å². The van der Waals surface area contributed by atoms with Crippen LogP contribution in [0.25, 0.3) is 110 Å². The molecule has 4 heterocycles. The Labute approximate surface area is 718 Å². The van der Waals surface area contributed by atoms with Crippen LogP contribution in [0.15, 0.2) is 403 Å². The second-order valence-corrected chi connectivity index (χ2v) is 39.4. The number of benzene rings is 18. The fourth-order valence-corrected chi connectivity index (χ4v) is 24.4. The second kappa shape index (κ2) is 29.8. The Morgan fingerprint density at radius 1 is 0.210 bits per heavy atom. The summed E-state index contributed by atoms with van der Waals surface area (Å²) in [6.45, 7) is 21.5. The van der Waals surface area contributed by atoms with Gasteiger partial charge in [-0.1, -0.05) is 435 Å². The van der Waals surface area contributed by atoms with Crippen molar-refractivity contribution < 1.29 is 0 Å². The molecule has 0 saturated carbocycles. The lowest BCUT2D eigenvalue weighted by molar-refractivity contribution is 0.591. The maximum Gasteiger partial charge on any atom is 0.247 e. The molecule has 0 amide bonds. The van der Waals surface area contributed by atoms with Crippen molar-refractivity contribution in [2.75, 3.05) is 0 Å². The third-order valence-corrected chi connectivity index (χ3v) is 30.5. The zero-order chi connectivity index (χ0) is 80.6. The molecule has 570 valence electrons. The summed E-state index contributed by atoms with van der Waals surface area (Å²) < 4.78 is 0. The minimum atomic E-state index is -0.120. The van der Waals surface area contributed by atoms with Crippen molar-refractivity contribution in [2.24, 2.45) is 0 Å². The van der Waals surface area contributed by atoms with Crippen molar-refractivity contribution in [3.8, 4) is 66.8 Å². The Balaban J connectivity index is 0.000000148. The van der Waals surface area contributed by atoms with E-state index in [4.69, 9.17) is 0 Å². The number of hydrogen-bond acceptors (Lipinski definition) is 4. The summed E-state index contributed by atoms with van der Waals surface area (Å²) in [6, 6.07) is 137. The molecule has 0 saturated heterocycles. The number of fused-ring (bicyclic) bond motifs is 12. The van der Waals surface area contributed by atoms with Crippen LogP contribution in [0.2, 0.25) is 0 Å². The highest BCUT2D eigenvalue weighted by Crippen LogP contribution is 2.51. The first-order valence-corrected chi connectivity index (χ1v) is 45.2. The summed E-state index contributed by atoms with van der Waals surface area (Å²) in [5, 5.41) is 10.3. The highest BCUT2D eigenvalue weighted by Gasteiger charge is 2.42. The van der Waals surface area contributed by atoms with Crippen molar-refractivity contribution >= 4 is 136 Å². The maximum atomic E-state index is 2.52. The van der Waals surface area contributed by atoms with Crippen LogP contribution in [0.4, 0.5) is 0 Å². The van der Waals surface area contributed by atoms with Gasteiger partial charge >= 0.3 is 0 Å². The van der Waals surface area contributed by atoms with Crippen LogP contribution in [0.1, 0.15) is 102 Å². The lowest BCUT2D eigenvalue weighted by Crippen LogP contribution is -2.58. The molecule has 0 bridgehead atoms. The normalized spacial score (nSPS) is 13.2. The van der Waals surface area contributed by atoms with Gasteiger partial charge in [0, 0.05) is 50.0 Å². The van der Waals surface area contributed by atoms with Gasteiger partial charge in [0.2, 0.25) is 13.4 Å². The molecule has 6 heteroatoms. The van der Waals surface area contributed by atoms with E-state index in [1.165, 1.54) is 215 Å². The molecule has 0 radical (unpaired) electrons. The Kier molecular flexibility index (Phi) is 18.8. The molecule has 0 fully saturated rings. The van der Waals surface area contributed by atoms with E-state index in [2.05, 4.69) is 426 Å². The van der Waals surface area contributed by atoms with Gasteiger partial charge in [-0.2, -0.15) is 0 Å². The highest BCUT2D eigenvalue weighted by molar-refractivity contribution is 8.02. The van der Waals surface area contributed by atoms with Gasteiger partial charge in [-0.3, -0.25) is 0 Å². The average Bonchev–Trinajstić information content (AvgIpc) is 0.725. The number of hydrogen-bond donors (Lipinski definition) is 0. The Morgan fingerprint density at radius 2 is 0.487 bits per heavy atom. The Morgan fingerprint density at radius 3 is 0.840 bits per heavy atom. The minimum Gasteiger partial charge on any atom is -0.0911 e. The lowest BCUT2D eigenvalue weighted by atomic mass is 9.36. The predicted molar refractivity (Wildman–Crippen MR) is 517 cm³/mol. The van der Waals surface area contributed by atoms with Crippen molar-refractivity contribution in [1.29, 1.82) is 0 Å². The topological polar surface area (TPSA) is 0 Å². The molecule has 18 aromatic carbocycles. The summed E-state index contributed by atoms with van der Waals surface area (Å²) in [5.41, 5.74) is 31.7. The molecule has 0 spiro atoms. The third-order valence-electron chi connectivity index (χ3n) is 25.9. The summed E-state index contributed by atoms with van der Waals surface area (Å²) >= 11 is 7.78. The molecular formula is C113H88B2S4. The van der Waals surface area contributed by atoms with Gasteiger partial charge in [0.25, 0.3) is 0 Å². The van der Waals surface area contributed by atoms with E-state index in [1.54, 1.807) is 0 Å². The molecule has 0 nitrogen and oxygen atoms in total. The van der Waals surface area contributed by atoms with Crippen molar-refractivity contribution in [3.63, 3.8) is 0 Å². The SMILES string of the molecule is CC(C)(C)c1cc(-c2cc3c4c(c2)Sc2ccc(C(C)(C)c5ccccc5)cc2B4c2ccccc2S3)cc(-c2c3ccccc3c(-c3ccccc3)c3ccccc23)c1.CC(C)c1cc(-c2cc3c4c(c2)Sc2ccc(C(C)(C)c5ccccc5)cc2B4c2ccccc2S3)cc(-c2c3ccccc3c(-c3ccccc3)c3ccccc23)c1. The van der Waals surface area contributed by atoms with Crippen molar-refractivity contribution in [1.82, 2.24) is 0 Å². The molecule has 0 aromatic heterocycles.